The van der Waals surface area contributed by atoms with E-state index in [2.05, 4.69) is 16.8 Å². The van der Waals surface area contributed by atoms with Crippen molar-refractivity contribution in [1.82, 2.24) is 15.1 Å². The molecule has 3 aliphatic rings. The van der Waals surface area contributed by atoms with Crippen molar-refractivity contribution in [2.75, 3.05) is 26.7 Å². The predicted octanol–water partition coefficient (Wildman–Crippen LogP) is 4.18. The summed E-state index contributed by atoms with van der Waals surface area (Å²) in [7, 11) is 1.98. The number of rotatable bonds is 11. The lowest BCUT2D eigenvalue weighted by Crippen LogP contribution is -2.51. The Balaban J connectivity index is 1.75. The zero-order chi connectivity index (χ0) is 26.3. The standard InChI is InChI=1S/C28H38FN3O4/c1-4-6-8-20-12-14-28(18-20)30-26(35)24(32(28)27(36)25(34)13-16-33)9-7-15-31(3)19-21-10-11-23(29)22(5-2)17-21/h4,9,11,13,17-18,21,33-34H,1,5-8,10,12,14-16,19H2,2-3H3,(H,30,35)/b24-9+,25-13-. The number of aliphatic hydroxyl groups excluding tert-OH is 2. The summed E-state index contributed by atoms with van der Waals surface area (Å²) in [5, 5.41) is 22.4. The number of aliphatic hydroxyl groups is 2. The number of halogens is 1. The van der Waals surface area contributed by atoms with E-state index in [1.54, 1.807) is 12.2 Å². The average molecular weight is 500 g/mol. The van der Waals surface area contributed by atoms with Gasteiger partial charge >= 0.3 is 0 Å². The van der Waals surface area contributed by atoms with Crippen molar-refractivity contribution < 1.29 is 24.2 Å². The Morgan fingerprint density at radius 1 is 1.42 bits per heavy atom. The third-order valence-electron chi connectivity index (χ3n) is 6.97. The Hall–Kier alpha value is -2.97. The van der Waals surface area contributed by atoms with E-state index in [4.69, 9.17) is 5.11 Å². The third kappa shape index (κ3) is 6.23. The molecule has 7 nitrogen and oxygen atoms in total. The van der Waals surface area contributed by atoms with Crippen LogP contribution in [0.25, 0.3) is 0 Å². The molecule has 1 spiro atoms. The minimum Gasteiger partial charge on any atom is -0.503 e. The van der Waals surface area contributed by atoms with E-state index in [0.29, 0.717) is 32.2 Å². The van der Waals surface area contributed by atoms with Gasteiger partial charge in [-0.15, -0.1) is 6.58 Å². The van der Waals surface area contributed by atoms with Crippen LogP contribution in [0.1, 0.15) is 51.9 Å². The summed E-state index contributed by atoms with van der Waals surface area (Å²) in [6, 6.07) is 0. The van der Waals surface area contributed by atoms with Crippen LogP contribution >= 0.6 is 0 Å². The van der Waals surface area contributed by atoms with Gasteiger partial charge in [0.15, 0.2) is 5.76 Å². The molecule has 8 heteroatoms. The molecule has 1 aliphatic heterocycles. The lowest BCUT2D eigenvalue weighted by Gasteiger charge is -2.32. The third-order valence-corrected chi connectivity index (χ3v) is 6.97. The average Bonchev–Trinajstić information content (AvgIpc) is 3.37. The second-order valence-corrected chi connectivity index (χ2v) is 9.65. The molecule has 0 aromatic carbocycles. The molecule has 0 aromatic heterocycles. The van der Waals surface area contributed by atoms with Crippen molar-refractivity contribution in [1.29, 1.82) is 0 Å². The van der Waals surface area contributed by atoms with Crippen molar-refractivity contribution in [3.63, 3.8) is 0 Å². The number of hydrogen-bond acceptors (Lipinski definition) is 5. The molecule has 3 rings (SSSR count). The first-order chi connectivity index (χ1) is 17.2. The van der Waals surface area contributed by atoms with Crippen LogP contribution in [0.5, 0.6) is 0 Å². The van der Waals surface area contributed by atoms with Crippen molar-refractivity contribution in [3.8, 4) is 0 Å². The van der Waals surface area contributed by atoms with E-state index in [1.165, 1.54) is 4.90 Å². The van der Waals surface area contributed by atoms with Gasteiger partial charge < -0.3 is 20.4 Å². The maximum absolute atomic E-state index is 13.8. The van der Waals surface area contributed by atoms with Crippen molar-refractivity contribution in [3.05, 3.63) is 71.5 Å². The van der Waals surface area contributed by atoms with Crippen LogP contribution in [0.2, 0.25) is 0 Å². The number of amides is 2. The fraction of sp³-hybridized carbons (Fsp3) is 0.500. The molecule has 1 heterocycles. The van der Waals surface area contributed by atoms with Gasteiger partial charge in [-0.3, -0.25) is 14.5 Å². The lowest BCUT2D eigenvalue weighted by molar-refractivity contribution is -0.131. The smallest absolute Gasteiger partial charge is 0.295 e. The summed E-state index contributed by atoms with van der Waals surface area (Å²) < 4.78 is 13.8. The van der Waals surface area contributed by atoms with Gasteiger partial charge in [0.05, 0.1) is 6.61 Å². The Morgan fingerprint density at radius 3 is 2.89 bits per heavy atom. The largest absolute Gasteiger partial charge is 0.503 e. The molecule has 36 heavy (non-hydrogen) atoms. The van der Waals surface area contributed by atoms with Crippen molar-refractivity contribution in [2.24, 2.45) is 5.92 Å². The highest BCUT2D eigenvalue weighted by atomic mass is 19.1. The summed E-state index contributed by atoms with van der Waals surface area (Å²) in [5.41, 5.74) is 1.04. The van der Waals surface area contributed by atoms with Crippen LogP contribution < -0.4 is 5.32 Å². The van der Waals surface area contributed by atoms with E-state index in [0.717, 1.165) is 43.0 Å². The molecule has 0 aromatic rings. The van der Waals surface area contributed by atoms with Gasteiger partial charge in [-0.1, -0.05) is 30.7 Å². The number of carbonyl (C=O) groups excluding carboxylic acids is 2. The number of allylic oxidation sites excluding steroid dienone is 5. The molecule has 3 N–H and O–H groups in total. The molecule has 0 saturated carbocycles. The zero-order valence-electron chi connectivity index (χ0n) is 21.3. The molecule has 0 bridgehead atoms. The van der Waals surface area contributed by atoms with Crippen LogP contribution in [0, 0.1) is 5.92 Å². The van der Waals surface area contributed by atoms with E-state index >= 15 is 0 Å². The Morgan fingerprint density at radius 2 is 2.19 bits per heavy atom. The molecular formula is C28H38FN3O4. The van der Waals surface area contributed by atoms with Gasteiger partial charge in [-0.2, -0.15) is 0 Å². The number of hydrogen-bond donors (Lipinski definition) is 3. The van der Waals surface area contributed by atoms with Crippen LogP contribution in [-0.4, -0.2) is 64.2 Å². The van der Waals surface area contributed by atoms with Gasteiger partial charge in [-0.05, 0) is 81.7 Å². The normalized spacial score (nSPS) is 25.4. The molecule has 1 fully saturated rings. The second kappa shape index (κ2) is 12.3. The molecule has 196 valence electrons. The fourth-order valence-electron chi connectivity index (χ4n) is 5.13. The quantitative estimate of drug-likeness (QED) is 0.225. The first kappa shape index (κ1) is 27.6. The predicted molar refractivity (Wildman–Crippen MR) is 138 cm³/mol. The number of nitrogens with one attached hydrogen (secondary N) is 1. The number of nitrogens with zero attached hydrogens (tertiary/aromatic N) is 2. The summed E-state index contributed by atoms with van der Waals surface area (Å²) in [6.45, 7) is 6.61. The maximum atomic E-state index is 13.8. The molecule has 2 unspecified atom stereocenters. The van der Waals surface area contributed by atoms with Crippen LogP contribution in [0.4, 0.5) is 4.39 Å². The van der Waals surface area contributed by atoms with E-state index in [-0.39, 0.29) is 23.3 Å². The molecular weight excluding hydrogens is 461 g/mol. The van der Waals surface area contributed by atoms with Gasteiger partial charge in [0, 0.05) is 13.1 Å². The first-order valence-electron chi connectivity index (χ1n) is 12.7. The summed E-state index contributed by atoms with van der Waals surface area (Å²) in [6.07, 6.45) is 14.8. The van der Waals surface area contributed by atoms with Crippen molar-refractivity contribution >= 4 is 11.8 Å². The van der Waals surface area contributed by atoms with Gasteiger partial charge in [0.2, 0.25) is 0 Å². The van der Waals surface area contributed by atoms with Gasteiger partial charge in [0.1, 0.15) is 17.2 Å². The van der Waals surface area contributed by atoms with E-state index < -0.39 is 23.9 Å². The maximum Gasteiger partial charge on any atom is 0.295 e. The number of carbonyl (C=O) groups is 2. The first-order valence-corrected chi connectivity index (χ1v) is 12.7. The molecule has 1 saturated heterocycles. The second-order valence-electron chi connectivity index (χ2n) is 9.65. The van der Waals surface area contributed by atoms with Crippen LogP contribution in [0.3, 0.4) is 0 Å². The topological polar surface area (TPSA) is 93.1 Å². The summed E-state index contributed by atoms with van der Waals surface area (Å²) in [5.74, 6) is -1.59. The highest BCUT2D eigenvalue weighted by molar-refractivity contribution is 6.05. The van der Waals surface area contributed by atoms with Crippen LogP contribution in [0.15, 0.2) is 71.5 Å². The molecule has 2 aliphatic carbocycles. The molecule has 2 atom stereocenters. The SMILES string of the molecule is C=CCCC1=CC2(CC1)NC(=O)/C(=C\CCN(C)CC1C=C(CC)C(F)=CC1)N2C(=O)/C(O)=C/CO. The van der Waals surface area contributed by atoms with Gasteiger partial charge in [-0.25, -0.2) is 4.39 Å². The Labute approximate surface area is 213 Å². The van der Waals surface area contributed by atoms with Crippen LogP contribution in [-0.2, 0) is 9.59 Å². The monoisotopic (exact) mass is 499 g/mol. The molecule has 0 radical (unpaired) electrons. The van der Waals surface area contributed by atoms with E-state index in [9.17, 15) is 19.1 Å². The Kier molecular flexibility index (Phi) is 9.45. The minimum atomic E-state index is -1.03. The highest BCUT2D eigenvalue weighted by Gasteiger charge is 2.51. The molecule has 2 amide bonds. The minimum absolute atomic E-state index is 0.126. The highest BCUT2D eigenvalue weighted by Crippen LogP contribution is 2.40. The zero-order valence-corrected chi connectivity index (χ0v) is 21.3. The summed E-state index contributed by atoms with van der Waals surface area (Å²) in [4.78, 5) is 29.7. The Bertz CT molecular complexity index is 1030. The van der Waals surface area contributed by atoms with Crippen molar-refractivity contribution in [2.45, 2.75) is 57.5 Å². The van der Waals surface area contributed by atoms with E-state index in [1.807, 2.05) is 32.2 Å². The fourth-order valence-corrected chi connectivity index (χ4v) is 5.13. The summed E-state index contributed by atoms with van der Waals surface area (Å²) >= 11 is 0. The van der Waals surface area contributed by atoms with Gasteiger partial charge in [0.25, 0.3) is 11.8 Å². The lowest BCUT2D eigenvalue weighted by atomic mass is 9.93.